The molecular formula is C16H17N3O. The molecule has 4 nitrogen and oxygen atoms in total. The lowest BCUT2D eigenvalue weighted by Gasteiger charge is -2.16. The molecule has 1 heterocycles. The number of nitriles is 1. The van der Waals surface area contributed by atoms with Crippen molar-refractivity contribution >= 4 is 16.7 Å². The van der Waals surface area contributed by atoms with Gasteiger partial charge in [-0.05, 0) is 25.0 Å². The van der Waals surface area contributed by atoms with Crippen molar-refractivity contribution in [1.29, 1.82) is 5.26 Å². The summed E-state index contributed by atoms with van der Waals surface area (Å²) in [6.07, 6.45) is 2.75. The van der Waals surface area contributed by atoms with Crippen LogP contribution < -0.4 is 5.32 Å². The maximum absolute atomic E-state index is 9.84. The van der Waals surface area contributed by atoms with Gasteiger partial charge in [-0.2, -0.15) is 5.26 Å². The lowest BCUT2D eigenvalue weighted by molar-refractivity contribution is 0.138. The number of para-hydroxylation sites is 1. The van der Waals surface area contributed by atoms with Gasteiger partial charge in [0.15, 0.2) is 0 Å². The second-order valence-corrected chi connectivity index (χ2v) is 5.33. The molecule has 1 saturated carbocycles. The molecule has 0 spiro atoms. The first-order valence-electron chi connectivity index (χ1n) is 7.00. The van der Waals surface area contributed by atoms with Crippen molar-refractivity contribution in [3.05, 3.63) is 35.9 Å². The van der Waals surface area contributed by atoms with Gasteiger partial charge in [0.2, 0.25) is 0 Å². The number of rotatable bonds is 3. The van der Waals surface area contributed by atoms with Crippen molar-refractivity contribution < 1.29 is 5.11 Å². The van der Waals surface area contributed by atoms with Crippen molar-refractivity contribution in [3.8, 4) is 6.07 Å². The van der Waals surface area contributed by atoms with Gasteiger partial charge in [-0.3, -0.25) is 0 Å². The van der Waals surface area contributed by atoms with Crippen molar-refractivity contribution in [3.63, 3.8) is 0 Å². The minimum absolute atomic E-state index is 0.228. The molecule has 2 N–H and O–H groups in total. The van der Waals surface area contributed by atoms with Crippen molar-refractivity contribution in [1.82, 2.24) is 4.98 Å². The van der Waals surface area contributed by atoms with E-state index in [0.29, 0.717) is 17.9 Å². The van der Waals surface area contributed by atoms with Crippen LogP contribution in [-0.2, 0) is 0 Å². The molecule has 0 bridgehead atoms. The van der Waals surface area contributed by atoms with Gasteiger partial charge < -0.3 is 10.4 Å². The molecule has 1 aliphatic rings. The van der Waals surface area contributed by atoms with E-state index in [-0.39, 0.29) is 12.0 Å². The van der Waals surface area contributed by atoms with E-state index in [1.54, 1.807) is 0 Å². The zero-order valence-corrected chi connectivity index (χ0v) is 11.2. The number of hydrogen-bond donors (Lipinski definition) is 2. The molecule has 0 saturated heterocycles. The summed E-state index contributed by atoms with van der Waals surface area (Å²) in [4.78, 5) is 4.52. The minimum atomic E-state index is -0.228. The van der Waals surface area contributed by atoms with Crippen LogP contribution in [0.15, 0.2) is 30.3 Å². The highest BCUT2D eigenvalue weighted by Gasteiger charge is 2.25. The number of nitrogens with zero attached hydrogens (tertiary/aromatic N) is 2. The van der Waals surface area contributed by atoms with Crippen LogP contribution in [0.3, 0.4) is 0 Å². The maximum atomic E-state index is 9.84. The molecule has 2 atom stereocenters. The highest BCUT2D eigenvalue weighted by atomic mass is 16.3. The van der Waals surface area contributed by atoms with Gasteiger partial charge >= 0.3 is 0 Å². The number of hydrogen-bond acceptors (Lipinski definition) is 4. The molecule has 0 aliphatic heterocycles. The SMILES string of the molecule is N#Cc1cc2ccccc2nc1NCC1CCCC1O. The first kappa shape index (κ1) is 12.9. The molecule has 0 radical (unpaired) electrons. The van der Waals surface area contributed by atoms with Crippen LogP contribution in [0.1, 0.15) is 24.8 Å². The monoisotopic (exact) mass is 267 g/mol. The maximum Gasteiger partial charge on any atom is 0.144 e. The van der Waals surface area contributed by atoms with Crippen LogP contribution in [0.2, 0.25) is 0 Å². The van der Waals surface area contributed by atoms with E-state index >= 15 is 0 Å². The van der Waals surface area contributed by atoms with E-state index in [1.165, 1.54) is 0 Å². The van der Waals surface area contributed by atoms with Crippen molar-refractivity contribution in [2.75, 3.05) is 11.9 Å². The largest absolute Gasteiger partial charge is 0.393 e. The summed E-state index contributed by atoms with van der Waals surface area (Å²) in [6.45, 7) is 0.668. The summed E-state index contributed by atoms with van der Waals surface area (Å²) >= 11 is 0. The zero-order chi connectivity index (χ0) is 13.9. The van der Waals surface area contributed by atoms with E-state index < -0.39 is 0 Å². The highest BCUT2D eigenvalue weighted by molar-refractivity contribution is 5.82. The van der Waals surface area contributed by atoms with Gasteiger partial charge in [-0.15, -0.1) is 0 Å². The van der Waals surface area contributed by atoms with Crippen LogP contribution >= 0.6 is 0 Å². The Morgan fingerprint density at radius 3 is 2.95 bits per heavy atom. The van der Waals surface area contributed by atoms with E-state index in [2.05, 4.69) is 16.4 Å². The summed E-state index contributed by atoms with van der Waals surface area (Å²) in [7, 11) is 0. The molecule has 20 heavy (non-hydrogen) atoms. The Labute approximate surface area is 118 Å². The van der Waals surface area contributed by atoms with Crippen molar-refractivity contribution in [2.24, 2.45) is 5.92 Å². The topological polar surface area (TPSA) is 68.9 Å². The Bertz CT molecular complexity index is 662. The molecule has 4 heteroatoms. The average molecular weight is 267 g/mol. The lowest BCUT2D eigenvalue weighted by atomic mass is 10.1. The molecule has 3 rings (SSSR count). The Kier molecular flexibility index (Phi) is 3.53. The number of pyridine rings is 1. The highest BCUT2D eigenvalue weighted by Crippen LogP contribution is 2.26. The summed E-state index contributed by atoms with van der Waals surface area (Å²) in [5.74, 6) is 0.875. The molecule has 2 aromatic rings. The second kappa shape index (κ2) is 5.48. The summed E-state index contributed by atoms with van der Waals surface area (Å²) in [6, 6.07) is 11.8. The fourth-order valence-corrected chi connectivity index (χ4v) is 2.82. The van der Waals surface area contributed by atoms with Gasteiger partial charge in [0, 0.05) is 17.8 Å². The van der Waals surface area contributed by atoms with Gasteiger partial charge in [0.05, 0.1) is 17.2 Å². The fraction of sp³-hybridized carbons (Fsp3) is 0.375. The fourth-order valence-electron chi connectivity index (χ4n) is 2.82. The number of anilines is 1. The first-order valence-corrected chi connectivity index (χ1v) is 7.00. The van der Waals surface area contributed by atoms with Crippen LogP contribution in [0.4, 0.5) is 5.82 Å². The molecule has 1 aromatic carbocycles. The summed E-state index contributed by atoms with van der Waals surface area (Å²) in [5.41, 5.74) is 1.43. The summed E-state index contributed by atoms with van der Waals surface area (Å²) < 4.78 is 0. The zero-order valence-electron chi connectivity index (χ0n) is 11.2. The number of aliphatic hydroxyl groups excluding tert-OH is 1. The Morgan fingerprint density at radius 1 is 1.35 bits per heavy atom. The van der Waals surface area contributed by atoms with E-state index in [9.17, 15) is 10.4 Å². The normalized spacial score (nSPS) is 21.8. The summed E-state index contributed by atoms with van der Waals surface area (Å²) in [5, 5.41) is 23.3. The first-order chi connectivity index (χ1) is 9.78. The number of nitrogens with one attached hydrogen (secondary N) is 1. The van der Waals surface area contributed by atoms with Crippen molar-refractivity contribution in [2.45, 2.75) is 25.4 Å². The van der Waals surface area contributed by atoms with Gasteiger partial charge in [-0.25, -0.2) is 4.98 Å². The quantitative estimate of drug-likeness (QED) is 0.897. The van der Waals surface area contributed by atoms with Gasteiger partial charge in [-0.1, -0.05) is 24.6 Å². The number of aromatic nitrogens is 1. The molecule has 1 aliphatic carbocycles. The molecule has 2 unspecified atom stereocenters. The van der Waals surface area contributed by atoms with Gasteiger partial charge in [0.25, 0.3) is 0 Å². The second-order valence-electron chi connectivity index (χ2n) is 5.33. The van der Waals surface area contributed by atoms with E-state index in [0.717, 1.165) is 30.2 Å². The smallest absolute Gasteiger partial charge is 0.144 e. The van der Waals surface area contributed by atoms with E-state index in [1.807, 2.05) is 30.3 Å². The Hall–Kier alpha value is -2.12. The Morgan fingerprint density at radius 2 is 2.20 bits per heavy atom. The molecule has 0 amide bonds. The third-order valence-corrected chi connectivity index (χ3v) is 4.00. The number of fused-ring (bicyclic) bond motifs is 1. The third kappa shape index (κ3) is 2.45. The van der Waals surface area contributed by atoms with Crippen LogP contribution in [0.5, 0.6) is 0 Å². The molecule has 1 aromatic heterocycles. The van der Waals surface area contributed by atoms with Crippen LogP contribution in [-0.4, -0.2) is 22.7 Å². The van der Waals surface area contributed by atoms with Gasteiger partial charge in [0.1, 0.15) is 11.9 Å². The number of benzene rings is 1. The lowest BCUT2D eigenvalue weighted by Crippen LogP contribution is -2.22. The standard InChI is InChI=1S/C16H17N3O/c17-9-13-8-11-4-1-2-6-14(11)19-16(13)18-10-12-5-3-7-15(12)20/h1-2,4,6,8,12,15,20H,3,5,7,10H2,(H,18,19). The minimum Gasteiger partial charge on any atom is -0.393 e. The third-order valence-electron chi connectivity index (χ3n) is 4.00. The molecular weight excluding hydrogens is 250 g/mol. The molecule has 1 fully saturated rings. The average Bonchev–Trinajstić information content (AvgIpc) is 2.89. The number of aliphatic hydroxyl groups is 1. The Balaban J connectivity index is 1.84. The van der Waals surface area contributed by atoms with E-state index in [4.69, 9.17) is 0 Å². The van der Waals surface area contributed by atoms with Crippen LogP contribution in [0, 0.1) is 17.2 Å². The predicted molar refractivity (Wildman–Crippen MR) is 78.3 cm³/mol. The molecule has 102 valence electrons. The predicted octanol–water partition coefficient (Wildman–Crippen LogP) is 2.68. The van der Waals surface area contributed by atoms with Crippen LogP contribution in [0.25, 0.3) is 10.9 Å².